The van der Waals surface area contributed by atoms with Crippen LogP contribution in [0.25, 0.3) is 0 Å². The van der Waals surface area contributed by atoms with Crippen molar-refractivity contribution >= 4 is 0 Å². The van der Waals surface area contributed by atoms with E-state index in [1.54, 1.807) is 0 Å². The lowest BCUT2D eigenvalue weighted by atomic mass is 10.1. The highest BCUT2D eigenvalue weighted by atomic mass is 15.1. The van der Waals surface area contributed by atoms with Crippen LogP contribution in [0.5, 0.6) is 0 Å². The molecule has 1 heterocycles. The second-order valence-electron chi connectivity index (χ2n) is 3.77. The zero-order valence-corrected chi connectivity index (χ0v) is 8.47. The van der Waals surface area contributed by atoms with Crippen molar-refractivity contribution in [1.82, 2.24) is 4.90 Å². The summed E-state index contributed by atoms with van der Waals surface area (Å²) in [4.78, 5) is 2.56. The summed E-state index contributed by atoms with van der Waals surface area (Å²) in [5.41, 5.74) is 1.53. The second-order valence-corrected chi connectivity index (χ2v) is 3.77. The van der Waals surface area contributed by atoms with Crippen LogP contribution in [0, 0.1) is 0 Å². The molecule has 0 aromatic heterocycles. The minimum absolute atomic E-state index is 1.18. The van der Waals surface area contributed by atoms with Crippen LogP contribution in [0.15, 0.2) is 11.6 Å². The summed E-state index contributed by atoms with van der Waals surface area (Å²) in [5.74, 6) is 0. The third kappa shape index (κ3) is 3.40. The fourth-order valence-corrected chi connectivity index (χ4v) is 1.57. The molecule has 1 saturated heterocycles. The van der Waals surface area contributed by atoms with Gasteiger partial charge >= 0.3 is 0 Å². The molecule has 12 heavy (non-hydrogen) atoms. The normalized spacial score (nSPS) is 21.3. The first kappa shape index (κ1) is 9.79. The topological polar surface area (TPSA) is 3.24 Å². The number of hydrogen-bond acceptors (Lipinski definition) is 1. The summed E-state index contributed by atoms with van der Waals surface area (Å²) in [5, 5.41) is 0. The van der Waals surface area contributed by atoms with Crippen molar-refractivity contribution in [2.75, 3.05) is 19.6 Å². The highest BCUT2D eigenvalue weighted by Gasteiger charge is 2.07. The van der Waals surface area contributed by atoms with Gasteiger partial charge in [0.05, 0.1) is 0 Å². The molecule has 0 bridgehead atoms. The largest absolute Gasteiger partial charge is 0.300 e. The molecule has 0 radical (unpaired) electrons. The number of piperidine rings is 1. The van der Waals surface area contributed by atoms with Crippen molar-refractivity contribution in [3.63, 3.8) is 0 Å². The Morgan fingerprint density at radius 3 is 2.50 bits per heavy atom. The molecule has 0 aliphatic carbocycles. The van der Waals surface area contributed by atoms with Gasteiger partial charge in [0.15, 0.2) is 0 Å². The fraction of sp³-hybridized carbons (Fsp3) is 0.818. The number of allylic oxidation sites excluding steroid dienone is 1. The van der Waals surface area contributed by atoms with Crippen LogP contribution < -0.4 is 0 Å². The van der Waals surface area contributed by atoms with Gasteiger partial charge in [-0.1, -0.05) is 25.0 Å². The van der Waals surface area contributed by atoms with Crippen molar-refractivity contribution < 1.29 is 0 Å². The first-order valence-electron chi connectivity index (χ1n) is 5.21. The molecular weight excluding hydrogens is 146 g/mol. The molecule has 1 fully saturated rings. The van der Waals surface area contributed by atoms with Gasteiger partial charge in [0, 0.05) is 6.54 Å². The SMILES string of the molecule is CC/C(C)=C\CN1CCCCC1. The summed E-state index contributed by atoms with van der Waals surface area (Å²) >= 11 is 0. The first-order chi connectivity index (χ1) is 5.83. The maximum Gasteiger partial charge on any atom is 0.0165 e. The van der Waals surface area contributed by atoms with Gasteiger partial charge in [-0.25, -0.2) is 0 Å². The maximum atomic E-state index is 2.56. The molecule has 1 nitrogen and oxygen atoms in total. The third-order valence-electron chi connectivity index (χ3n) is 2.70. The van der Waals surface area contributed by atoms with E-state index in [2.05, 4.69) is 24.8 Å². The Hall–Kier alpha value is -0.300. The Morgan fingerprint density at radius 1 is 1.25 bits per heavy atom. The smallest absolute Gasteiger partial charge is 0.0165 e. The van der Waals surface area contributed by atoms with E-state index in [0.717, 1.165) is 0 Å². The third-order valence-corrected chi connectivity index (χ3v) is 2.70. The van der Waals surface area contributed by atoms with Gasteiger partial charge in [0.2, 0.25) is 0 Å². The Kier molecular flexibility index (Phi) is 4.37. The molecule has 70 valence electrons. The Balaban J connectivity index is 2.21. The highest BCUT2D eigenvalue weighted by Crippen LogP contribution is 2.09. The average Bonchev–Trinajstić information content (AvgIpc) is 2.16. The van der Waals surface area contributed by atoms with Crippen molar-refractivity contribution in [3.8, 4) is 0 Å². The molecule has 0 N–H and O–H groups in total. The van der Waals surface area contributed by atoms with Crippen LogP contribution in [0.3, 0.4) is 0 Å². The predicted octanol–water partition coefficient (Wildman–Crippen LogP) is 2.83. The van der Waals surface area contributed by atoms with Crippen molar-refractivity contribution in [2.45, 2.75) is 39.5 Å². The van der Waals surface area contributed by atoms with Gasteiger partial charge in [-0.2, -0.15) is 0 Å². The van der Waals surface area contributed by atoms with Gasteiger partial charge in [-0.15, -0.1) is 0 Å². The van der Waals surface area contributed by atoms with Gasteiger partial charge in [-0.3, -0.25) is 4.90 Å². The lowest BCUT2D eigenvalue weighted by molar-refractivity contribution is 0.251. The van der Waals surface area contributed by atoms with Crippen molar-refractivity contribution in [3.05, 3.63) is 11.6 Å². The molecule has 0 aromatic carbocycles. The van der Waals surface area contributed by atoms with Crippen LogP contribution in [-0.4, -0.2) is 24.5 Å². The zero-order valence-electron chi connectivity index (χ0n) is 8.47. The van der Waals surface area contributed by atoms with E-state index < -0.39 is 0 Å². The van der Waals surface area contributed by atoms with E-state index in [-0.39, 0.29) is 0 Å². The van der Waals surface area contributed by atoms with E-state index in [9.17, 15) is 0 Å². The Labute approximate surface area is 76.5 Å². The van der Waals surface area contributed by atoms with E-state index >= 15 is 0 Å². The average molecular weight is 167 g/mol. The second kappa shape index (κ2) is 5.36. The monoisotopic (exact) mass is 167 g/mol. The van der Waals surface area contributed by atoms with E-state index in [0.29, 0.717) is 0 Å². The minimum Gasteiger partial charge on any atom is -0.300 e. The van der Waals surface area contributed by atoms with Gasteiger partial charge in [0.1, 0.15) is 0 Å². The molecule has 0 unspecified atom stereocenters. The first-order valence-corrected chi connectivity index (χ1v) is 5.21. The van der Waals surface area contributed by atoms with Gasteiger partial charge in [0.25, 0.3) is 0 Å². The molecular formula is C11H21N. The molecule has 1 aliphatic rings. The van der Waals surface area contributed by atoms with Crippen LogP contribution in [0.1, 0.15) is 39.5 Å². The summed E-state index contributed by atoms with van der Waals surface area (Å²) in [6.45, 7) is 8.26. The number of likely N-dealkylation sites (tertiary alicyclic amines) is 1. The molecule has 0 aromatic rings. The molecule has 0 atom stereocenters. The molecule has 0 spiro atoms. The number of hydrogen-bond donors (Lipinski definition) is 0. The number of rotatable bonds is 3. The van der Waals surface area contributed by atoms with Crippen molar-refractivity contribution in [2.24, 2.45) is 0 Å². The maximum absolute atomic E-state index is 2.56. The van der Waals surface area contributed by atoms with Gasteiger partial charge < -0.3 is 0 Å². The summed E-state index contributed by atoms with van der Waals surface area (Å²) in [7, 11) is 0. The standard InChI is InChI=1S/C11H21N/c1-3-11(2)7-10-12-8-5-4-6-9-12/h7H,3-6,8-10H2,1-2H3/b11-7-. The Morgan fingerprint density at radius 2 is 1.92 bits per heavy atom. The van der Waals surface area contributed by atoms with Crippen LogP contribution in [-0.2, 0) is 0 Å². The molecule has 0 saturated carbocycles. The van der Waals surface area contributed by atoms with Crippen LogP contribution in [0.4, 0.5) is 0 Å². The molecule has 1 heteroatoms. The number of nitrogens with zero attached hydrogens (tertiary/aromatic N) is 1. The zero-order chi connectivity index (χ0) is 8.81. The lowest BCUT2D eigenvalue weighted by Crippen LogP contribution is -2.29. The van der Waals surface area contributed by atoms with E-state index in [1.165, 1.54) is 50.9 Å². The van der Waals surface area contributed by atoms with Gasteiger partial charge in [-0.05, 0) is 39.3 Å². The predicted molar refractivity (Wildman–Crippen MR) is 54.3 cm³/mol. The van der Waals surface area contributed by atoms with Crippen LogP contribution in [0.2, 0.25) is 0 Å². The van der Waals surface area contributed by atoms with Crippen molar-refractivity contribution in [1.29, 1.82) is 0 Å². The van der Waals surface area contributed by atoms with E-state index in [1.807, 2.05) is 0 Å². The lowest BCUT2D eigenvalue weighted by Gasteiger charge is -2.25. The highest BCUT2D eigenvalue weighted by molar-refractivity contribution is 4.98. The molecule has 1 aliphatic heterocycles. The summed E-state index contributed by atoms with van der Waals surface area (Å²) < 4.78 is 0. The Bertz CT molecular complexity index is 143. The minimum atomic E-state index is 1.18. The van der Waals surface area contributed by atoms with Crippen LogP contribution >= 0.6 is 0 Å². The summed E-state index contributed by atoms with van der Waals surface area (Å²) in [6, 6.07) is 0. The molecule has 1 rings (SSSR count). The molecule has 0 amide bonds. The quantitative estimate of drug-likeness (QED) is 0.584. The van der Waals surface area contributed by atoms with E-state index in [4.69, 9.17) is 0 Å². The fourth-order valence-electron chi connectivity index (χ4n) is 1.57. The summed E-state index contributed by atoms with van der Waals surface area (Å²) in [6.07, 6.45) is 7.82.